The Hall–Kier alpha value is -1.16. The molecule has 7 nitrogen and oxygen atoms in total. The highest BCUT2D eigenvalue weighted by molar-refractivity contribution is 7.89. The summed E-state index contributed by atoms with van der Waals surface area (Å²) < 4.78 is 32.8. The summed E-state index contributed by atoms with van der Waals surface area (Å²) in [6.07, 6.45) is 1.07. The van der Waals surface area contributed by atoms with Crippen LogP contribution < -0.4 is 10.0 Å². The number of thiophene rings is 1. The average molecular weight is 389 g/mol. The summed E-state index contributed by atoms with van der Waals surface area (Å²) in [5.41, 5.74) is 0. The monoisotopic (exact) mass is 388 g/mol. The molecule has 25 heavy (non-hydrogen) atoms. The molecule has 0 saturated carbocycles. The Morgan fingerprint density at radius 1 is 1.44 bits per heavy atom. The number of sulfonamides is 1. The van der Waals surface area contributed by atoms with Crippen LogP contribution in [-0.4, -0.2) is 66.2 Å². The second kappa shape index (κ2) is 8.98. The second-order valence-electron chi connectivity index (χ2n) is 6.26. The summed E-state index contributed by atoms with van der Waals surface area (Å²) in [5, 5.41) is 3.20. The molecule has 0 aliphatic carbocycles. The first-order valence-electron chi connectivity index (χ1n) is 8.39. The molecule has 1 aliphatic rings. The first kappa shape index (κ1) is 20.2. The molecule has 1 atom stereocenters. The minimum atomic E-state index is -3.46. The average Bonchev–Trinajstić information content (AvgIpc) is 3.16. The number of aliphatic imine (C=N–C) groups is 1. The van der Waals surface area contributed by atoms with Crippen molar-refractivity contribution in [3.8, 4) is 0 Å². The van der Waals surface area contributed by atoms with Crippen LogP contribution in [0.1, 0.15) is 16.2 Å². The van der Waals surface area contributed by atoms with Gasteiger partial charge in [-0.3, -0.25) is 4.99 Å². The van der Waals surface area contributed by atoms with Gasteiger partial charge in [-0.15, -0.1) is 11.3 Å². The predicted octanol–water partition coefficient (Wildman–Crippen LogP) is 1.19. The maximum Gasteiger partial charge on any atom is 0.241 e. The molecule has 0 spiro atoms. The number of rotatable bonds is 7. The summed E-state index contributed by atoms with van der Waals surface area (Å²) in [7, 11) is 0.246. The van der Waals surface area contributed by atoms with E-state index in [0.717, 1.165) is 41.9 Å². The van der Waals surface area contributed by atoms with Gasteiger partial charge in [-0.2, -0.15) is 0 Å². The van der Waals surface area contributed by atoms with Gasteiger partial charge in [-0.1, -0.05) is 0 Å². The zero-order chi connectivity index (χ0) is 18.4. The third-order valence-electron chi connectivity index (χ3n) is 4.11. The molecule has 2 rings (SSSR count). The number of nitrogens with zero attached hydrogens (tertiary/aromatic N) is 2. The molecule has 9 heteroatoms. The summed E-state index contributed by atoms with van der Waals surface area (Å²) in [6.45, 7) is 7.00. The van der Waals surface area contributed by atoms with E-state index in [1.807, 2.05) is 20.9 Å². The van der Waals surface area contributed by atoms with Crippen molar-refractivity contribution in [1.82, 2.24) is 14.9 Å². The van der Waals surface area contributed by atoms with E-state index in [9.17, 15) is 8.42 Å². The quantitative estimate of drug-likeness (QED) is 0.416. The van der Waals surface area contributed by atoms with E-state index in [0.29, 0.717) is 23.9 Å². The largest absolute Gasteiger partial charge is 0.381 e. The van der Waals surface area contributed by atoms with Gasteiger partial charge in [0.1, 0.15) is 0 Å². The molecule has 1 aromatic heterocycles. The molecule has 0 aromatic carbocycles. The van der Waals surface area contributed by atoms with E-state index in [1.54, 1.807) is 13.1 Å². The number of aryl methyl sites for hydroxylation is 2. The highest BCUT2D eigenvalue weighted by atomic mass is 32.2. The van der Waals surface area contributed by atoms with Gasteiger partial charge < -0.3 is 15.0 Å². The lowest BCUT2D eigenvalue weighted by atomic mass is 10.1. The fourth-order valence-electron chi connectivity index (χ4n) is 2.90. The second-order valence-corrected chi connectivity index (χ2v) is 9.46. The van der Waals surface area contributed by atoms with Crippen LogP contribution in [0.25, 0.3) is 0 Å². The summed E-state index contributed by atoms with van der Waals surface area (Å²) in [6, 6.07) is 1.71. The molecule has 0 amide bonds. The van der Waals surface area contributed by atoms with Gasteiger partial charge in [0, 0.05) is 56.0 Å². The number of hydrogen-bond donors (Lipinski definition) is 2. The van der Waals surface area contributed by atoms with Gasteiger partial charge in [-0.05, 0) is 26.3 Å². The Morgan fingerprint density at radius 2 is 2.20 bits per heavy atom. The highest BCUT2D eigenvalue weighted by Gasteiger charge is 2.20. The van der Waals surface area contributed by atoms with Crippen LogP contribution in [0.5, 0.6) is 0 Å². The van der Waals surface area contributed by atoms with Gasteiger partial charge in [0.25, 0.3) is 0 Å². The van der Waals surface area contributed by atoms with Crippen molar-refractivity contribution >= 4 is 27.3 Å². The Balaban J connectivity index is 1.79. The fraction of sp³-hybridized carbons (Fsp3) is 0.688. The maximum atomic E-state index is 12.4. The number of nitrogens with one attached hydrogen (secondary N) is 2. The van der Waals surface area contributed by atoms with Crippen molar-refractivity contribution in [2.24, 2.45) is 10.9 Å². The van der Waals surface area contributed by atoms with Crippen LogP contribution in [0.15, 0.2) is 16.0 Å². The molecule has 142 valence electrons. The number of ether oxygens (including phenoxy) is 1. The molecule has 2 N–H and O–H groups in total. The van der Waals surface area contributed by atoms with Crippen molar-refractivity contribution in [3.05, 3.63) is 15.8 Å². The van der Waals surface area contributed by atoms with Crippen molar-refractivity contribution < 1.29 is 13.2 Å². The van der Waals surface area contributed by atoms with E-state index in [2.05, 4.69) is 19.9 Å². The van der Waals surface area contributed by atoms with E-state index < -0.39 is 10.0 Å². The molecule has 0 bridgehead atoms. The lowest BCUT2D eigenvalue weighted by Crippen LogP contribution is -2.44. The predicted molar refractivity (Wildman–Crippen MR) is 102 cm³/mol. The van der Waals surface area contributed by atoms with E-state index >= 15 is 0 Å². The van der Waals surface area contributed by atoms with E-state index in [1.165, 1.54) is 11.3 Å². The Labute approximate surface area is 154 Å². The molecule has 1 saturated heterocycles. The SMILES string of the molecule is CN=C(NCCNS(=O)(=O)c1cc(C)sc1C)N(C)CC1CCOC1. The molecule has 2 heterocycles. The van der Waals surface area contributed by atoms with Crippen LogP contribution in [-0.2, 0) is 14.8 Å². The Kier molecular flexibility index (Phi) is 7.24. The molecule has 1 aliphatic heterocycles. The summed E-state index contributed by atoms with van der Waals surface area (Å²) in [5.74, 6) is 1.28. The van der Waals surface area contributed by atoms with Gasteiger partial charge in [0.15, 0.2) is 5.96 Å². The minimum Gasteiger partial charge on any atom is -0.381 e. The van der Waals surface area contributed by atoms with Crippen molar-refractivity contribution in [3.63, 3.8) is 0 Å². The number of guanidine groups is 1. The Morgan fingerprint density at radius 3 is 2.76 bits per heavy atom. The third kappa shape index (κ3) is 5.67. The van der Waals surface area contributed by atoms with Gasteiger partial charge in [0.05, 0.1) is 11.5 Å². The molecular formula is C16H28N4O3S2. The van der Waals surface area contributed by atoms with Crippen LogP contribution in [0.4, 0.5) is 0 Å². The normalized spacial score (nSPS) is 18.6. The molecule has 0 radical (unpaired) electrons. The fourth-order valence-corrected chi connectivity index (χ4v) is 5.48. The standard InChI is InChI=1S/C16H28N4O3S2/c1-12-9-15(13(2)24-12)25(21,22)19-7-6-18-16(17-3)20(4)10-14-5-8-23-11-14/h9,14,19H,5-8,10-11H2,1-4H3,(H,17,18). The van der Waals surface area contributed by atoms with Crippen LogP contribution >= 0.6 is 11.3 Å². The number of hydrogen-bond acceptors (Lipinski definition) is 5. The molecule has 1 unspecified atom stereocenters. The van der Waals surface area contributed by atoms with Crippen molar-refractivity contribution in [2.45, 2.75) is 25.2 Å². The van der Waals surface area contributed by atoms with E-state index in [4.69, 9.17) is 4.74 Å². The van der Waals surface area contributed by atoms with Crippen LogP contribution in [0.3, 0.4) is 0 Å². The smallest absolute Gasteiger partial charge is 0.241 e. The third-order valence-corrected chi connectivity index (χ3v) is 6.80. The summed E-state index contributed by atoms with van der Waals surface area (Å²) in [4.78, 5) is 8.49. The topological polar surface area (TPSA) is 83.0 Å². The maximum absolute atomic E-state index is 12.4. The van der Waals surface area contributed by atoms with Crippen molar-refractivity contribution in [1.29, 1.82) is 0 Å². The van der Waals surface area contributed by atoms with E-state index in [-0.39, 0.29) is 0 Å². The zero-order valence-corrected chi connectivity index (χ0v) is 17.0. The first-order chi connectivity index (χ1) is 11.8. The summed E-state index contributed by atoms with van der Waals surface area (Å²) >= 11 is 1.49. The lowest BCUT2D eigenvalue weighted by molar-refractivity contribution is 0.181. The first-order valence-corrected chi connectivity index (χ1v) is 10.7. The highest BCUT2D eigenvalue weighted by Crippen LogP contribution is 2.24. The van der Waals surface area contributed by atoms with Gasteiger partial charge in [0.2, 0.25) is 10.0 Å². The Bertz CT molecular complexity index is 694. The van der Waals surface area contributed by atoms with Crippen LogP contribution in [0, 0.1) is 19.8 Å². The zero-order valence-electron chi connectivity index (χ0n) is 15.3. The molecule has 1 fully saturated rings. The van der Waals surface area contributed by atoms with Crippen molar-refractivity contribution in [2.75, 3.05) is 46.9 Å². The molecule has 1 aromatic rings. The minimum absolute atomic E-state index is 0.302. The lowest BCUT2D eigenvalue weighted by Gasteiger charge is -2.24. The van der Waals surface area contributed by atoms with Gasteiger partial charge >= 0.3 is 0 Å². The molecular weight excluding hydrogens is 360 g/mol. The van der Waals surface area contributed by atoms with Gasteiger partial charge in [-0.25, -0.2) is 13.1 Å². The van der Waals surface area contributed by atoms with Crippen LogP contribution in [0.2, 0.25) is 0 Å².